The summed E-state index contributed by atoms with van der Waals surface area (Å²) >= 11 is 0. The van der Waals surface area contributed by atoms with Crippen molar-refractivity contribution in [3.8, 4) is 0 Å². The van der Waals surface area contributed by atoms with E-state index >= 15 is 0 Å². The van der Waals surface area contributed by atoms with E-state index in [0.29, 0.717) is 52.4 Å². The molecular formula is C16H32N2O6. The summed E-state index contributed by atoms with van der Waals surface area (Å²) in [7, 11) is 3.15. The van der Waals surface area contributed by atoms with Gasteiger partial charge in [-0.25, -0.2) is 0 Å². The number of methoxy groups -OCH3 is 2. The Morgan fingerprint density at radius 2 is 1.71 bits per heavy atom. The van der Waals surface area contributed by atoms with Crippen LogP contribution in [0.5, 0.6) is 0 Å². The molecule has 0 rings (SSSR count). The average Bonchev–Trinajstić information content (AvgIpc) is 2.58. The fraction of sp³-hybridized carbons (Fsp3) is 0.875. The number of nitrogens with one attached hydrogen (secondary N) is 2. The molecule has 0 saturated carbocycles. The van der Waals surface area contributed by atoms with Crippen LogP contribution in [0.3, 0.4) is 0 Å². The van der Waals surface area contributed by atoms with Gasteiger partial charge in [0.05, 0.1) is 19.8 Å². The molecule has 2 amide bonds. The molecule has 0 aromatic heterocycles. The lowest BCUT2D eigenvalue weighted by Gasteiger charge is -2.14. The number of amides is 2. The van der Waals surface area contributed by atoms with Gasteiger partial charge in [0.1, 0.15) is 12.7 Å². The maximum Gasteiger partial charge on any atom is 0.246 e. The molecule has 2 N–H and O–H groups in total. The number of carbonyl (C=O) groups is 2. The van der Waals surface area contributed by atoms with Crippen LogP contribution in [0.15, 0.2) is 0 Å². The minimum Gasteiger partial charge on any atom is -0.382 e. The molecule has 0 fully saturated rings. The van der Waals surface area contributed by atoms with E-state index in [2.05, 4.69) is 10.6 Å². The highest BCUT2D eigenvalue weighted by Crippen LogP contribution is 1.92. The lowest BCUT2D eigenvalue weighted by Crippen LogP contribution is -2.31. The van der Waals surface area contributed by atoms with Crippen molar-refractivity contribution in [3.63, 3.8) is 0 Å². The maximum absolute atomic E-state index is 11.5. The van der Waals surface area contributed by atoms with E-state index in [-0.39, 0.29) is 24.5 Å². The van der Waals surface area contributed by atoms with Crippen LogP contribution in [0.2, 0.25) is 0 Å². The topological polar surface area (TPSA) is 95.1 Å². The average molecular weight is 348 g/mol. The highest BCUT2D eigenvalue weighted by atomic mass is 16.5. The first-order valence-corrected chi connectivity index (χ1v) is 8.34. The van der Waals surface area contributed by atoms with Crippen molar-refractivity contribution in [1.29, 1.82) is 0 Å². The molecule has 0 aromatic rings. The van der Waals surface area contributed by atoms with Gasteiger partial charge in [0.25, 0.3) is 0 Å². The van der Waals surface area contributed by atoms with Crippen molar-refractivity contribution in [3.05, 3.63) is 0 Å². The van der Waals surface area contributed by atoms with Gasteiger partial charge in [0, 0.05) is 40.3 Å². The van der Waals surface area contributed by atoms with Gasteiger partial charge in [-0.15, -0.1) is 0 Å². The number of rotatable bonds is 16. The predicted molar refractivity (Wildman–Crippen MR) is 89.9 cm³/mol. The van der Waals surface area contributed by atoms with Gasteiger partial charge in [-0.1, -0.05) is 6.92 Å². The Balaban J connectivity index is 3.41. The second-order valence-electron chi connectivity index (χ2n) is 5.24. The molecule has 0 spiro atoms. The van der Waals surface area contributed by atoms with Crippen molar-refractivity contribution < 1.29 is 28.5 Å². The minimum absolute atomic E-state index is 0.00476. The Kier molecular flexibility index (Phi) is 15.8. The molecule has 1 atom stereocenters. The fourth-order valence-electron chi connectivity index (χ4n) is 1.73. The van der Waals surface area contributed by atoms with Gasteiger partial charge < -0.3 is 29.6 Å². The zero-order valence-electron chi connectivity index (χ0n) is 15.1. The van der Waals surface area contributed by atoms with E-state index < -0.39 is 0 Å². The van der Waals surface area contributed by atoms with Gasteiger partial charge >= 0.3 is 0 Å². The third kappa shape index (κ3) is 14.4. The number of hydrogen-bond donors (Lipinski definition) is 2. The van der Waals surface area contributed by atoms with Gasteiger partial charge in [-0.3, -0.25) is 9.59 Å². The molecule has 0 aliphatic rings. The van der Waals surface area contributed by atoms with Crippen LogP contribution < -0.4 is 10.6 Å². The van der Waals surface area contributed by atoms with Crippen LogP contribution in [-0.4, -0.2) is 78.3 Å². The van der Waals surface area contributed by atoms with Crippen molar-refractivity contribution in [2.24, 2.45) is 0 Å². The Morgan fingerprint density at radius 1 is 0.958 bits per heavy atom. The van der Waals surface area contributed by atoms with E-state index in [1.54, 1.807) is 14.2 Å². The molecular weight excluding hydrogens is 316 g/mol. The molecule has 0 aliphatic carbocycles. The SMILES string of the molecule is CCCNC(=O)CCOCCCNC(=O)COCC(COC)OC. The molecule has 0 aromatic carbocycles. The van der Waals surface area contributed by atoms with Gasteiger partial charge in [-0.05, 0) is 12.8 Å². The van der Waals surface area contributed by atoms with E-state index in [9.17, 15) is 9.59 Å². The largest absolute Gasteiger partial charge is 0.382 e. The highest BCUT2D eigenvalue weighted by molar-refractivity contribution is 5.77. The second-order valence-corrected chi connectivity index (χ2v) is 5.24. The number of hydrogen-bond acceptors (Lipinski definition) is 6. The van der Waals surface area contributed by atoms with Crippen LogP contribution in [0.4, 0.5) is 0 Å². The molecule has 24 heavy (non-hydrogen) atoms. The van der Waals surface area contributed by atoms with Crippen molar-refractivity contribution >= 4 is 11.8 Å². The molecule has 0 bridgehead atoms. The smallest absolute Gasteiger partial charge is 0.246 e. The molecule has 1 unspecified atom stereocenters. The van der Waals surface area contributed by atoms with Crippen LogP contribution in [0.1, 0.15) is 26.2 Å². The summed E-state index contributed by atoms with van der Waals surface area (Å²) in [6.45, 7) is 4.83. The lowest BCUT2D eigenvalue weighted by atomic mass is 10.4. The molecule has 8 heteroatoms. The summed E-state index contributed by atoms with van der Waals surface area (Å²) in [5, 5.41) is 5.52. The molecule has 0 saturated heterocycles. The lowest BCUT2D eigenvalue weighted by molar-refractivity contribution is -0.127. The zero-order chi connectivity index (χ0) is 18.0. The van der Waals surface area contributed by atoms with Crippen LogP contribution in [-0.2, 0) is 28.5 Å². The summed E-state index contributed by atoms with van der Waals surface area (Å²) < 4.78 is 20.7. The Morgan fingerprint density at radius 3 is 2.38 bits per heavy atom. The number of carbonyl (C=O) groups excluding carboxylic acids is 2. The summed E-state index contributed by atoms with van der Waals surface area (Å²) in [6.07, 6.45) is 1.80. The summed E-state index contributed by atoms with van der Waals surface area (Å²) in [5.74, 6) is -0.175. The van der Waals surface area contributed by atoms with Gasteiger partial charge in [-0.2, -0.15) is 0 Å². The molecule has 0 aliphatic heterocycles. The monoisotopic (exact) mass is 348 g/mol. The summed E-state index contributed by atoms with van der Waals surface area (Å²) in [4.78, 5) is 22.9. The van der Waals surface area contributed by atoms with Crippen LogP contribution in [0.25, 0.3) is 0 Å². The van der Waals surface area contributed by atoms with Crippen LogP contribution in [0, 0.1) is 0 Å². The third-order valence-electron chi connectivity index (χ3n) is 3.06. The second kappa shape index (κ2) is 16.6. The molecule has 0 radical (unpaired) electrons. The van der Waals surface area contributed by atoms with E-state index in [1.807, 2.05) is 6.92 Å². The van der Waals surface area contributed by atoms with Gasteiger partial charge in [0.15, 0.2) is 0 Å². The normalized spacial score (nSPS) is 12.0. The first-order valence-electron chi connectivity index (χ1n) is 8.34. The van der Waals surface area contributed by atoms with Gasteiger partial charge in [0.2, 0.25) is 11.8 Å². The Labute approximate surface area is 144 Å². The third-order valence-corrected chi connectivity index (χ3v) is 3.06. The van der Waals surface area contributed by atoms with E-state index in [0.717, 1.165) is 6.42 Å². The number of ether oxygens (including phenoxy) is 4. The predicted octanol–water partition coefficient (Wildman–Crippen LogP) is 0.104. The zero-order valence-corrected chi connectivity index (χ0v) is 15.1. The fourth-order valence-corrected chi connectivity index (χ4v) is 1.73. The van der Waals surface area contributed by atoms with E-state index in [4.69, 9.17) is 18.9 Å². The first kappa shape index (κ1) is 22.8. The van der Waals surface area contributed by atoms with Crippen LogP contribution >= 0.6 is 0 Å². The summed E-state index contributed by atoms with van der Waals surface area (Å²) in [5.41, 5.74) is 0. The summed E-state index contributed by atoms with van der Waals surface area (Å²) in [6, 6.07) is 0. The van der Waals surface area contributed by atoms with Crippen molar-refractivity contribution in [2.45, 2.75) is 32.3 Å². The molecule has 0 heterocycles. The Bertz CT molecular complexity index is 328. The maximum atomic E-state index is 11.5. The molecule has 8 nitrogen and oxygen atoms in total. The minimum atomic E-state index is -0.179. The first-order chi connectivity index (χ1) is 11.6. The highest BCUT2D eigenvalue weighted by Gasteiger charge is 2.08. The Hall–Kier alpha value is -1.22. The van der Waals surface area contributed by atoms with Crippen molar-refractivity contribution in [1.82, 2.24) is 10.6 Å². The standard InChI is InChI=1S/C16H32N2O6/c1-4-7-17-15(19)6-10-23-9-5-8-18-16(20)13-24-12-14(22-3)11-21-2/h14H,4-13H2,1-3H3,(H,17,19)(H,18,20). The molecule has 142 valence electrons. The quantitative estimate of drug-likeness (QED) is 0.384. The van der Waals surface area contributed by atoms with Crippen molar-refractivity contribution in [2.75, 3.05) is 60.3 Å². The van der Waals surface area contributed by atoms with E-state index in [1.165, 1.54) is 0 Å².